The minimum atomic E-state index is -0.498. The van der Waals surface area contributed by atoms with Crippen LogP contribution in [-0.4, -0.2) is 46.9 Å². The summed E-state index contributed by atoms with van der Waals surface area (Å²) in [6.45, 7) is 1.63. The number of aryl methyl sites for hydroxylation is 1. The van der Waals surface area contributed by atoms with E-state index in [1.54, 1.807) is 13.0 Å². The Hall–Kier alpha value is -4.27. The van der Waals surface area contributed by atoms with Gasteiger partial charge in [0.05, 0.1) is 11.8 Å². The molecule has 0 radical (unpaired) electrons. The Morgan fingerprint density at radius 1 is 0.897 bits per heavy atom. The lowest BCUT2D eigenvalue weighted by Crippen LogP contribution is -2.41. The molecular formula is C30H29N3O6. The van der Waals surface area contributed by atoms with Crippen LogP contribution in [0.3, 0.4) is 0 Å². The number of unbranched alkanes of at least 4 members (excludes halogenated alkanes) is 2. The van der Waals surface area contributed by atoms with E-state index in [2.05, 4.69) is 34.7 Å². The second kappa shape index (κ2) is 10.1. The summed E-state index contributed by atoms with van der Waals surface area (Å²) in [7, 11) is 0. The van der Waals surface area contributed by atoms with Gasteiger partial charge in [-0.05, 0) is 42.0 Å². The highest BCUT2D eigenvalue weighted by Gasteiger charge is 2.61. The van der Waals surface area contributed by atoms with E-state index in [0.29, 0.717) is 31.6 Å². The van der Waals surface area contributed by atoms with Crippen molar-refractivity contribution in [3.63, 3.8) is 0 Å². The largest absolute Gasteiger partial charge is 0.456 e. The predicted octanol–water partition coefficient (Wildman–Crippen LogP) is 3.92. The van der Waals surface area contributed by atoms with Crippen LogP contribution in [0.2, 0.25) is 0 Å². The van der Waals surface area contributed by atoms with Crippen molar-refractivity contribution in [2.75, 3.05) is 18.5 Å². The van der Waals surface area contributed by atoms with E-state index in [9.17, 15) is 19.2 Å². The fraction of sp³-hybridized carbons (Fsp3) is 0.367. The normalized spacial score (nSPS) is 22.3. The molecule has 1 fully saturated rings. The molecule has 1 saturated heterocycles. The molecule has 3 amide bonds. The SMILES string of the molecule is Cc1cc(NC(=O)COC(=O)CCCCCN2C(=O)[C@@H]3C4c5ccccc5C(c5ccccc54)[C@@H]3C2=O)no1. The number of amides is 3. The van der Waals surface area contributed by atoms with E-state index >= 15 is 0 Å². The van der Waals surface area contributed by atoms with Crippen LogP contribution < -0.4 is 5.32 Å². The van der Waals surface area contributed by atoms with Crippen LogP contribution in [-0.2, 0) is 23.9 Å². The van der Waals surface area contributed by atoms with Gasteiger partial charge in [0.15, 0.2) is 12.4 Å². The molecule has 3 aromatic rings. The van der Waals surface area contributed by atoms with Gasteiger partial charge in [-0.3, -0.25) is 24.1 Å². The van der Waals surface area contributed by atoms with Crippen LogP contribution in [0, 0.1) is 18.8 Å². The molecule has 1 N–H and O–H groups in total. The molecule has 2 atom stereocenters. The van der Waals surface area contributed by atoms with Gasteiger partial charge in [0.2, 0.25) is 11.8 Å². The number of hydrogen-bond donors (Lipinski definition) is 1. The second-order valence-corrected chi connectivity index (χ2v) is 10.4. The van der Waals surface area contributed by atoms with Crippen molar-refractivity contribution >= 4 is 29.5 Å². The number of esters is 1. The lowest BCUT2D eigenvalue weighted by molar-refractivity contribution is -0.147. The quantitative estimate of drug-likeness (QED) is 0.255. The third-order valence-electron chi connectivity index (χ3n) is 8.06. The number of ether oxygens (including phenoxy) is 1. The molecule has 2 aromatic carbocycles. The summed E-state index contributed by atoms with van der Waals surface area (Å²) in [5.74, 6) is -1.27. The molecule has 2 heterocycles. The molecule has 9 nitrogen and oxygen atoms in total. The predicted molar refractivity (Wildman–Crippen MR) is 140 cm³/mol. The zero-order chi connectivity index (χ0) is 27.1. The van der Waals surface area contributed by atoms with E-state index in [0.717, 1.165) is 22.3 Å². The van der Waals surface area contributed by atoms with E-state index in [4.69, 9.17) is 9.26 Å². The van der Waals surface area contributed by atoms with Gasteiger partial charge in [-0.2, -0.15) is 0 Å². The second-order valence-electron chi connectivity index (χ2n) is 10.4. The molecule has 1 aromatic heterocycles. The van der Waals surface area contributed by atoms with Crippen molar-refractivity contribution in [2.45, 2.75) is 44.4 Å². The Kier molecular flexibility index (Phi) is 6.50. The van der Waals surface area contributed by atoms with Gasteiger partial charge in [-0.1, -0.05) is 60.1 Å². The number of nitrogens with one attached hydrogen (secondary N) is 1. The average molecular weight is 528 g/mol. The van der Waals surface area contributed by atoms with Gasteiger partial charge in [0, 0.05) is 30.9 Å². The smallest absolute Gasteiger partial charge is 0.306 e. The standard InChI is InChI=1S/C30H29N3O6/c1-17-15-22(32-39-17)31-23(34)16-38-24(35)13-3-2-8-14-33-29(36)27-25-18-9-4-5-10-19(18)26(28(27)30(33)37)21-12-7-6-11-20(21)25/h4-7,9-12,15,25-28H,2-3,8,13-14,16H2,1H3,(H,31,32,34)/t25?,26?,27-,28+. The fourth-order valence-electron chi connectivity index (χ4n) is 6.50. The number of imide groups is 1. The molecule has 4 aliphatic rings. The number of anilines is 1. The number of rotatable bonds is 9. The zero-order valence-corrected chi connectivity index (χ0v) is 21.6. The minimum absolute atomic E-state index is 0.0864. The van der Waals surface area contributed by atoms with Gasteiger partial charge < -0.3 is 14.6 Å². The topological polar surface area (TPSA) is 119 Å². The number of likely N-dealkylation sites (tertiary alicyclic amines) is 1. The van der Waals surface area contributed by atoms with Gasteiger partial charge in [-0.25, -0.2) is 0 Å². The molecule has 200 valence electrons. The summed E-state index contributed by atoms with van der Waals surface area (Å²) in [5.41, 5.74) is 4.64. The molecule has 39 heavy (non-hydrogen) atoms. The maximum atomic E-state index is 13.6. The van der Waals surface area contributed by atoms with Crippen molar-refractivity contribution in [3.05, 3.63) is 82.6 Å². The third-order valence-corrected chi connectivity index (χ3v) is 8.06. The maximum Gasteiger partial charge on any atom is 0.306 e. The highest BCUT2D eigenvalue weighted by molar-refractivity contribution is 6.07. The molecule has 0 spiro atoms. The number of hydrogen-bond acceptors (Lipinski definition) is 7. The van der Waals surface area contributed by atoms with Gasteiger partial charge in [-0.15, -0.1) is 0 Å². The summed E-state index contributed by atoms with van der Waals surface area (Å²) < 4.78 is 9.89. The van der Waals surface area contributed by atoms with Crippen LogP contribution in [0.1, 0.15) is 65.5 Å². The zero-order valence-electron chi connectivity index (χ0n) is 21.6. The molecule has 0 saturated carbocycles. The highest BCUT2D eigenvalue weighted by atomic mass is 16.5. The first kappa shape index (κ1) is 25.0. The summed E-state index contributed by atoms with van der Waals surface area (Å²) in [4.78, 5) is 52.5. The van der Waals surface area contributed by atoms with Crippen molar-refractivity contribution in [2.24, 2.45) is 11.8 Å². The van der Waals surface area contributed by atoms with Crippen LogP contribution in [0.25, 0.3) is 0 Å². The summed E-state index contributed by atoms with van der Waals surface area (Å²) >= 11 is 0. The van der Waals surface area contributed by atoms with Gasteiger partial charge in [0.25, 0.3) is 5.91 Å². The van der Waals surface area contributed by atoms with E-state index in [-0.39, 0.29) is 47.7 Å². The first-order valence-corrected chi connectivity index (χ1v) is 13.4. The Labute approximate surface area is 225 Å². The molecule has 2 bridgehead atoms. The first-order chi connectivity index (χ1) is 18.9. The summed E-state index contributed by atoms with van der Waals surface area (Å²) in [6, 6.07) is 18.0. The molecular weight excluding hydrogens is 498 g/mol. The summed E-state index contributed by atoms with van der Waals surface area (Å²) in [5, 5.41) is 6.14. The van der Waals surface area contributed by atoms with Gasteiger partial charge in [0.1, 0.15) is 5.76 Å². The van der Waals surface area contributed by atoms with Crippen molar-refractivity contribution in [1.82, 2.24) is 10.1 Å². The van der Waals surface area contributed by atoms with Crippen LogP contribution >= 0.6 is 0 Å². The Balaban J connectivity index is 1.01. The lowest BCUT2D eigenvalue weighted by Gasteiger charge is -2.45. The number of carbonyl (C=O) groups is 4. The monoisotopic (exact) mass is 527 g/mol. The van der Waals surface area contributed by atoms with Crippen LogP contribution in [0.4, 0.5) is 5.82 Å². The van der Waals surface area contributed by atoms with Crippen LogP contribution in [0.5, 0.6) is 0 Å². The average Bonchev–Trinajstić information content (AvgIpc) is 3.47. The van der Waals surface area contributed by atoms with Crippen molar-refractivity contribution in [3.8, 4) is 0 Å². The molecule has 7 rings (SSSR count). The van der Waals surface area contributed by atoms with Crippen LogP contribution in [0.15, 0.2) is 59.1 Å². The molecule has 0 unspecified atom stereocenters. The Morgan fingerprint density at radius 2 is 1.46 bits per heavy atom. The summed E-state index contributed by atoms with van der Waals surface area (Å²) in [6.07, 6.45) is 1.94. The first-order valence-electron chi connectivity index (χ1n) is 13.4. The number of nitrogens with zero attached hydrogens (tertiary/aromatic N) is 2. The number of aromatic nitrogens is 1. The third kappa shape index (κ3) is 4.41. The van der Waals surface area contributed by atoms with E-state index in [1.165, 1.54) is 4.90 Å². The van der Waals surface area contributed by atoms with Crippen molar-refractivity contribution in [1.29, 1.82) is 0 Å². The maximum absolute atomic E-state index is 13.6. The molecule has 3 aliphatic carbocycles. The minimum Gasteiger partial charge on any atom is -0.456 e. The Bertz CT molecular complexity index is 1350. The molecule has 1 aliphatic heterocycles. The Morgan fingerprint density at radius 3 is 1.97 bits per heavy atom. The molecule has 9 heteroatoms. The van der Waals surface area contributed by atoms with E-state index < -0.39 is 18.5 Å². The van der Waals surface area contributed by atoms with Gasteiger partial charge >= 0.3 is 5.97 Å². The number of carbonyl (C=O) groups excluding carboxylic acids is 4. The fourth-order valence-corrected chi connectivity index (χ4v) is 6.50. The lowest BCUT2D eigenvalue weighted by atomic mass is 9.55. The van der Waals surface area contributed by atoms with Crippen molar-refractivity contribution < 1.29 is 28.4 Å². The number of benzene rings is 2. The van der Waals surface area contributed by atoms with E-state index in [1.807, 2.05) is 24.3 Å². The highest BCUT2D eigenvalue weighted by Crippen LogP contribution is 2.60.